The first-order valence-corrected chi connectivity index (χ1v) is 9.22. The third kappa shape index (κ3) is 6.00. The fourth-order valence-electron chi connectivity index (χ4n) is 1.86. The smallest absolute Gasteiger partial charge is 0.234 e. The number of rotatable bonds is 6. The summed E-state index contributed by atoms with van der Waals surface area (Å²) in [6.45, 7) is 1.47. The molecule has 0 unspecified atom stereocenters. The Bertz CT molecular complexity index is 670. The summed E-state index contributed by atoms with van der Waals surface area (Å²) < 4.78 is 0. The molecule has 0 aliphatic rings. The lowest BCUT2D eigenvalue weighted by atomic mass is 10.3. The Labute approximate surface area is 144 Å². The fourth-order valence-corrected chi connectivity index (χ4v) is 2.96. The van der Waals surface area contributed by atoms with Crippen molar-refractivity contribution >= 4 is 46.7 Å². The SMILES string of the molecule is CSc1ccc(NC(=O)CSc2ccc(NC(C)=O)cc2)cc1. The van der Waals surface area contributed by atoms with Crippen molar-refractivity contribution in [2.24, 2.45) is 0 Å². The standard InChI is InChI=1S/C17H18N2O2S2/c1-12(20)18-13-5-9-16(10-6-13)23-11-17(21)19-14-3-7-15(22-2)8-4-14/h3-10H,11H2,1-2H3,(H,18,20)(H,19,21). The average Bonchev–Trinajstić information content (AvgIpc) is 2.54. The van der Waals surface area contributed by atoms with Gasteiger partial charge in [-0.2, -0.15) is 0 Å². The van der Waals surface area contributed by atoms with Gasteiger partial charge in [-0.3, -0.25) is 9.59 Å². The molecule has 120 valence electrons. The second kappa shape index (κ2) is 8.64. The Morgan fingerprint density at radius 1 is 0.870 bits per heavy atom. The van der Waals surface area contributed by atoms with Crippen LogP contribution in [0.3, 0.4) is 0 Å². The van der Waals surface area contributed by atoms with Crippen LogP contribution in [0.5, 0.6) is 0 Å². The normalized spacial score (nSPS) is 10.2. The van der Waals surface area contributed by atoms with Crippen LogP contribution in [0.1, 0.15) is 6.92 Å². The molecule has 0 saturated carbocycles. The highest BCUT2D eigenvalue weighted by Gasteiger charge is 2.04. The molecule has 0 radical (unpaired) electrons. The van der Waals surface area contributed by atoms with Gasteiger partial charge in [-0.1, -0.05) is 0 Å². The lowest BCUT2D eigenvalue weighted by molar-refractivity contribution is -0.114. The molecule has 0 fully saturated rings. The van der Waals surface area contributed by atoms with E-state index in [-0.39, 0.29) is 11.8 Å². The highest BCUT2D eigenvalue weighted by Crippen LogP contribution is 2.21. The Balaban J connectivity index is 1.82. The number of nitrogens with one attached hydrogen (secondary N) is 2. The highest BCUT2D eigenvalue weighted by atomic mass is 32.2. The van der Waals surface area contributed by atoms with Crippen molar-refractivity contribution in [3.05, 3.63) is 48.5 Å². The average molecular weight is 346 g/mol. The van der Waals surface area contributed by atoms with Gasteiger partial charge in [0, 0.05) is 28.1 Å². The van der Waals surface area contributed by atoms with E-state index < -0.39 is 0 Å². The monoisotopic (exact) mass is 346 g/mol. The van der Waals surface area contributed by atoms with E-state index in [1.165, 1.54) is 18.7 Å². The minimum absolute atomic E-state index is 0.0437. The molecule has 2 N–H and O–H groups in total. The lowest BCUT2D eigenvalue weighted by Crippen LogP contribution is -2.13. The van der Waals surface area contributed by atoms with Crippen molar-refractivity contribution in [3.63, 3.8) is 0 Å². The minimum atomic E-state index is -0.0997. The maximum Gasteiger partial charge on any atom is 0.234 e. The molecule has 0 spiro atoms. The van der Waals surface area contributed by atoms with Crippen molar-refractivity contribution in [1.29, 1.82) is 0 Å². The Morgan fingerprint density at radius 3 is 1.91 bits per heavy atom. The molecule has 4 nitrogen and oxygen atoms in total. The Hall–Kier alpha value is -1.92. The molecule has 6 heteroatoms. The number of carbonyl (C=O) groups excluding carboxylic acids is 2. The number of benzene rings is 2. The molecule has 0 heterocycles. The predicted octanol–water partition coefficient (Wildman–Crippen LogP) is 4.10. The number of amides is 2. The van der Waals surface area contributed by atoms with Gasteiger partial charge in [0.15, 0.2) is 0 Å². The molecule has 2 rings (SSSR count). The topological polar surface area (TPSA) is 58.2 Å². The first-order chi connectivity index (χ1) is 11.1. The van der Waals surface area contributed by atoms with Crippen LogP contribution in [0.2, 0.25) is 0 Å². The van der Waals surface area contributed by atoms with E-state index >= 15 is 0 Å². The van der Waals surface area contributed by atoms with E-state index in [4.69, 9.17) is 0 Å². The third-order valence-electron chi connectivity index (χ3n) is 2.92. The molecule has 2 aromatic rings. The quantitative estimate of drug-likeness (QED) is 0.773. The van der Waals surface area contributed by atoms with Crippen LogP contribution < -0.4 is 10.6 Å². The summed E-state index contributed by atoms with van der Waals surface area (Å²) >= 11 is 3.12. The van der Waals surface area contributed by atoms with Gasteiger partial charge in [0.05, 0.1) is 5.75 Å². The van der Waals surface area contributed by atoms with Crippen LogP contribution in [0.4, 0.5) is 11.4 Å². The van der Waals surface area contributed by atoms with Crippen LogP contribution in [0.15, 0.2) is 58.3 Å². The summed E-state index contributed by atoms with van der Waals surface area (Å²) in [6.07, 6.45) is 2.02. The lowest BCUT2D eigenvalue weighted by Gasteiger charge is -2.07. The second-order valence-corrected chi connectivity index (χ2v) is 6.70. The van der Waals surface area contributed by atoms with Gasteiger partial charge in [-0.25, -0.2) is 0 Å². The molecule has 0 aromatic heterocycles. The predicted molar refractivity (Wildman–Crippen MR) is 98.3 cm³/mol. The maximum atomic E-state index is 12.0. The molecule has 2 aromatic carbocycles. The summed E-state index contributed by atoms with van der Waals surface area (Å²) in [4.78, 5) is 25.1. The zero-order valence-corrected chi connectivity index (χ0v) is 14.6. The largest absolute Gasteiger partial charge is 0.326 e. The summed E-state index contributed by atoms with van der Waals surface area (Å²) in [5.74, 6) is 0.194. The highest BCUT2D eigenvalue weighted by molar-refractivity contribution is 8.00. The van der Waals surface area contributed by atoms with E-state index in [1.807, 2.05) is 54.8 Å². The summed E-state index contributed by atoms with van der Waals surface area (Å²) in [5.41, 5.74) is 1.55. The first-order valence-electron chi connectivity index (χ1n) is 7.01. The molecule has 0 aliphatic carbocycles. The number of anilines is 2. The zero-order valence-electron chi connectivity index (χ0n) is 13.0. The molecule has 0 aliphatic heterocycles. The van der Waals surface area contributed by atoms with Crippen LogP contribution in [-0.2, 0) is 9.59 Å². The van der Waals surface area contributed by atoms with Crippen molar-refractivity contribution in [2.75, 3.05) is 22.6 Å². The second-order valence-electron chi connectivity index (χ2n) is 4.77. The Kier molecular flexibility index (Phi) is 6.55. The molecular weight excluding hydrogens is 328 g/mol. The van der Waals surface area contributed by atoms with E-state index in [2.05, 4.69) is 10.6 Å². The first kappa shape index (κ1) is 17.4. The van der Waals surface area contributed by atoms with Gasteiger partial charge in [0.2, 0.25) is 11.8 Å². The van der Waals surface area contributed by atoms with Crippen molar-refractivity contribution in [3.8, 4) is 0 Å². The molecule has 0 bridgehead atoms. The number of carbonyl (C=O) groups is 2. The van der Waals surface area contributed by atoms with Crippen LogP contribution in [0.25, 0.3) is 0 Å². The fraction of sp³-hybridized carbons (Fsp3) is 0.176. The van der Waals surface area contributed by atoms with Crippen LogP contribution >= 0.6 is 23.5 Å². The summed E-state index contributed by atoms with van der Waals surface area (Å²) in [7, 11) is 0. The van der Waals surface area contributed by atoms with E-state index in [0.717, 1.165) is 21.2 Å². The number of thioether (sulfide) groups is 2. The van der Waals surface area contributed by atoms with Gasteiger partial charge in [-0.15, -0.1) is 23.5 Å². The zero-order chi connectivity index (χ0) is 16.7. The van der Waals surface area contributed by atoms with Crippen molar-refractivity contribution in [1.82, 2.24) is 0 Å². The number of hydrogen-bond donors (Lipinski definition) is 2. The summed E-state index contributed by atoms with van der Waals surface area (Å²) in [5, 5.41) is 5.58. The molecule has 0 atom stereocenters. The van der Waals surface area contributed by atoms with E-state index in [0.29, 0.717) is 5.75 Å². The Morgan fingerprint density at radius 2 is 1.39 bits per heavy atom. The van der Waals surface area contributed by atoms with Gasteiger partial charge >= 0.3 is 0 Å². The van der Waals surface area contributed by atoms with Gasteiger partial charge < -0.3 is 10.6 Å². The minimum Gasteiger partial charge on any atom is -0.326 e. The van der Waals surface area contributed by atoms with E-state index in [1.54, 1.807) is 11.8 Å². The van der Waals surface area contributed by atoms with E-state index in [9.17, 15) is 9.59 Å². The molecular formula is C17H18N2O2S2. The molecule has 0 saturated heterocycles. The molecule has 23 heavy (non-hydrogen) atoms. The maximum absolute atomic E-state index is 12.0. The van der Waals surface area contributed by atoms with Gasteiger partial charge in [-0.05, 0) is 54.8 Å². The van der Waals surface area contributed by atoms with Crippen LogP contribution in [-0.4, -0.2) is 23.8 Å². The van der Waals surface area contributed by atoms with Gasteiger partial charge in [0.1, 0.15) is 0 Å². The molecule has 2 amide bonds. The van der Waals surface area contributed by atoms with Crippen molar-refractivity contribution < 1.29 is 9.59 Å². The summed E-state index contributed by atoms with van der Waals surface area (Å²) in [6, 6.07) is 15.2. The third-order valence-corrected chi connectivity index (χ3v) is 4.67. The number of hydrogen-bond acceptors (Lipinski definition) is 4. The van der Waals surface area contributed by atoms with Crippen LogP contribution in [0, 0.1) is 0 Å². The van der Waals surface area contributed by atoms with Gasteiger partial charge in [0.25, 0.3) is 0 Å². The van der Waals surface area contributed by atoms with Crippen molar-refractivity contribution in [2.45, 2.75) is 16.7 Å².